The number of nitrogens with two attached hydrogens (primary N) is 1. The van der Waals surface area contributed by atoms with Crippen LogP contribution in [0.5, 0.6) is 0 Å². The van der Waals surface area contributed by atoms with Crippen LogP contribution in [0, 0.1) is 5.92 Å². The predicted octanol–water partition coefficient (Wildman–Crippen LogP) is 2.17. The highest BCUT2D eigenvalue weighted by Gasteiger charge is 2.33. The molecular weight excluding hydrogens is 259 g/mol. The lowest BCUT2D eigenvalue weighted by Gasteiger charge is -2.15. The molecule has 7 heteroatoms. The lowest BCUT2D eigenvalue weighted by Crippen LogP contribution is -2.34. The van der Waals surface area contributed by atoms with Gasteiger partial charge in [-0.05, 0) is 25.0 Å². The van der Waals surface area contributed by atoms with E-state index >= 15 is 0 Å². The van der Waals surface area contributed by atoms with Gasteiger partial charge >= 0.3 is 6.18 Å². The molecule has 1 aromatic heterocycles. The van der Waals surface area contributed by atoms with E-state index in [0.717, 1.165) is 25.1 Å². The molecular formula is C12H14F3N3O. The van der Waals surface area contributed by atoms with Gasteiger partial charge in [0.05, 0.1) is 17.8 Å². The number of nitrogens with one attached hydrogen (secondary N) is 1. The normalized spacial score (nSPS) is 23.4. The topological polar surface area (TPSA) is 68.0 Å². The lowest BCUT2D eigenvalue weighted by molar-refractivity contribution is -0.141. The maximum atomic E-state index is 12.3. The Hall–Kier alpha value is -1.63. The Bertz CT molecular complexity index is 458. The van der Waals surface area contributed by atoms with Crippen molar-refractivity contribution in [3.63, 3.8) is 0 Å². The second-order valence-corrected chi connectivity index (χ2v) is 4.62. The zero-order chi connectivity index (χ0) is 14.0. The smallest absolute Gasteiger partial charge is 0.327 e. The molecule has 19 heavy (non-hydrogen) atoms. The molecule has 1 saturated carbocycles. The van der Waals surface area contributed by atoms with Crippen molar-refractivity contribution in [3.8, 4) is 0 Å². The minimum Gasteiger partial charge on any atom is -0.327 e. The minimum absolute atomic E-state index is 0.178. The van der Waals surface area contributed by atoms with Crippen LogP contribution in [0.25, 0.3) is 0 Å². The van der Waals surface area contributed by atoms with E-state index in [1.807, 2.05) is 0 Å². The number of amides is 1. The van der Waals surface area contributed by atoms with Gasteiger partial charge in [0.2, 0.25) is 5.91 Å². The zero-order valence-corrected chi connectivity index (χ0v) is 10.1. The number of nitrogens with zero attached hydrogens (tertiary/aromatic N) is 1. The molecule has 0 aliphatic heterocycles. The number of anilines is 1. The van der Waals surface area contributed by atoms with E-state index in [4.69, 9.17) is 5.73 Å². The molecule has 1 aliphatic carbocycles. The molecule has 1 heterocycles. The first-order valence-electron chi connectivity index (χ1n) is 5.97. The molecule has 0 spiro atoms. The standard InChI is InChI=1S/C12H14F3N3O/c13-12(14,15)10-5-4-7(6-17-10)18-11(19)8-2-1-3-9(8)16/h4-6,8-9H,1-3,16H2,(H,18,19). The number of aromatic nitrogens is 1. The summed E-state index contributed by atoms with van der Waals surface area (Å²) in [5.41, 5.74) is 5.05. The number of carbonyl (C=O) groups excluding carboxylic acids is 1. The Morgan fingerprint density at radius 1 is 1.37 bits per heavy atom. The Morgan fingerprint density at radius 3 is 2.58 bits per heavy atom. The number of hydrogen-bond acceptors (Lipinski definition) is 3. The van der Waals surface area contributed by atoms with Crippen LogP contribution in [0.3, 0.4) is 0 Å². The third-order valence-electron chi connectivity index (χ3n) is 3.23. The Kier molecular flexibility index (Phi) is 3.75. The fourth-order valence-corrected chi connectivity index (χ4v) is 2.18. The van der Waals surface area contributed by atoms with Crippen molar-refractivity contribution in [2.45, 2.75) is 31.5 Å². The van der Waals surface area contributed by atoms with Crippen molar-refractivity contribution in [3.05, 3.63) is 24.0 Å². The van der Waals surface area contributed by atoms with E-state index in [1.54, 1.807) is 0 Å². The van der Waals surface area contributed by atoms with Gasteiger partial charge in [0.25, 0.3) is 0 Å². The summed E-state index contributed by atoms with van der Waals surface area (Å²) in [6.07, 6.45) is -1.08. The van der Waals surface area contributed by atoms with E-state index in [0.29, 0.717) is 6.42 Å². The number of pyridine rings is 1. The highest BCUT2D eigenvalue weighted by molar-refractivity contribution is 5.93. The molecule has 1 aromatic rings. The van der Waals surface area contributed by atoms with Gasteiger partial charge in [-0.25, -0.2) is 4.98 Å². The van der Waals surface area contributed by atoms with Crippen molar-refractivity contribution < 1.29 is 18.0 Å². The fraction of sp³-hybridized carbons (Fsp3) is 0.500. The van der Waals surface area contributed by atoms with Crippen molar-refractivity contribution in [1.82, 2.24) is 4.98 Å². The molecule has 2 rings (SSSR count). The summed E-state index contributed by atoms with van der Waals surface area (Å²) in [6, 6.07) is 1.85. The average Bonchev–Trinajstić information content (AvgIpc) is 2.75. The summed E-state index contributed by atoms with van der Waals surface area (Å²) in [5.74, 6) is -0.533. The molecule has 4 nitrogen and oxygen atoms in total. The monoisotopic (exact) mass is 273 g/mol. The van der Waals surface area contributed by atoms with Crippen LogP contribution in [-0.4, -0.2) is 16.9 Å². The average molecular weight is 273 g/mol. The summed E-state index contributed by atoms with van der Waals surface area (Å²) in [7, 11) is 0. The number of rotatable bonds is 2. The fourth-order valence-electron chi connectivity index (χ4n) is 2.18. The van der Waals surface area contributed by atoms with Crippen LogP contribution in [0.1, 0.15) is 25.0 Å². The molecule has 104 valence electrons. The van der Waals surface area contributed by atoms with Crippen LogP contribution in [0.4, 0.5) is 18.9 Å². The maximum Gasteiger partial charge on any atom is 0.433 e. The molecule has 0 saturated heterocycles. The maximum absolute atomic E-state index is 12.3. The molecule has 0 radical (unpaired) electrons. The van der Waals surface area contributed by atoms with Gasteiger partial charge in [-0.15, -0.1) is 0 Å². The quantitative estimate of drug-likeness (QED) is 0.867. The summed E-state index contributed by atoms with van der Waals surface area (Å²) >= 11 is 0. The SMILES string of the molecule is NC1CCCC1C(=O)Nc1ccc(C(F)(F)F)nc1. The molecule has 0 bridgehead atoms. The zero-order valence-electron chi connectivity index (χ0n) is 10.1. The van der Waals surface area contributed by atoms with Gasteiger partial charge in [-0.1, -0.05) is 6.42 Å². The molecule has 1 amide bonds. The number of halogens is 3. The first-order valence-corrected chi connectivity index (χ1v) is 5.97. The van der Waals surface area contributed by atoms with Crippen LogP contribution in [-0.2, 0) is 11.0 Å². The number of alkyl halides is 3. The second kappa shape index (κ2) is 5.16. The van der Waals surface area contributed by atoms with E-state index in [1.165, 1.54) is 6.07 Å². The third-order valence-corrected chi connectivity index (χ3v) is 3.23. The van der Waals surface area contributed by atoms with Gasteiger partial charge in [0.1, 0.15) is 5.69 Å². The van der Waals surface area contributed by atoms with E-state index < -0.39 is 11.9 Å². The largest absolute Gasteiger partial charge is 0.433 e. The molecule has 3 N–H and O–H groups in total. The highest BCUT2D eigenvalue weighted by atomic mass is 19.4. The van der Waals surface area contributed by atoms with Crippen molar-refractivity contribution in [1.29, 1.82) is 0 Å². The first-order chi connectivity index (χ1) is 8.88. The minimum atomic E-state index is -4.48. The van der Waals surface area contributed by atoms with Crippen LogP contribution < -0.4 is 11.1 Å². The third kappa shape index (κ3) is 3.23. The van der Waals surface area contributed by atoms with Crippen molar-refractivity contribution in [2.75, 3.05) is 5.32 Å². The van der Waals surface area contributed by atoms with Crippen molar-refractivity contribution >= 4 is 11.6 Å². The summed E-state index contributed by atoms with van der Waals surface area (Å²) in [6.45, 7) is 0. The molecule has 2 unspecified atom stereocenters. The molecule has 1 fully saturated rings. The first kappa shape index (κ1) is 13.8. The lowest BCUT2D eigenvalue weighted by atomic mass is 10.0. The molecule has 0 aromatic carbocycles. The van der Waals surface area contributed by atoms with Gasteiger partial charge in [0.15, 0.2) is 0 Å². The van der Waals surface area contributed by atoms with Gasteiger partial charge in [-0.2, -0.15) is 13.2 Å². The highest BCUT2D eigenvalue weighted by Crippen LogP contribution is 2.28. The van der Waals surface area contributed by atoms with Crippen LogP contribution >= 0.6 is 0 Å². The summed E-state index contributed by atoms with van der Waals surface area (Å²) in [4.78, 5) is 15.1. The van der Waals surface area contributed by atoms with Crippen molar-refractivity contribution in [2.24, 2.45) is 11.7 Å². The molecule has 2 atom stereocenters. The van der Waals surface area contributed by atoms with Gasteiger partial charge in [0, 0.05) is 6.04 Å². The van der Waals surface area contributed by atoms with E-state index in [2.05, 4.69) is 10.3 Å². The second-order valence-electron chi connectivity index (χ2n) is 4.62. The van der Waals surface area contributed by atoms with Crippen LogP contribution in [0.2, 0.25) is 0 Å². The Labute approximate surface area is 108 Å². The van der Waals surface area contributed by atoms with Crippen LogP contribution in [0.15, 0.2) is 18.3 Å². The van der Waals surface area contributed by atoms with Gasteiger partial charge < -0.3 is 11.1 Å². The number of carbonyl (C=O) groups is 1. The number of hydrogen-bond donors (Lipinski definition) is 2. The Morgan fingerprint density at radius 2 is 2.11 bits per heavy atom. The van der Waals surface area contributed by atoms with E-state index in [9.17, 15) is 18.0 Å². The van der Waals surface area contributed by atoms with Gasteiger partial charge in [-0.3, -0.25) is 4.79 Å². The molecule has 1 aliphatic rings. The predicted molar refractivity (Wildman–Crippen MR) is 63.2 cm³/mol. The summed E-state index contributed by atoms with van der Waals surface area (Å²) < 4.78 is 36.9. The summed E-state index contributed by atoms with van der Waals surface area (Å²) in [5, 5.41) is 2.54. The van der Waals surface area contributed by atoms with E-state index in [-0.39, 0.29) is 23.6 Å². The Balaban J connectivity index is 2.02.